The molecule has 0 saturated carbocycles. The Labute approximate surface area is 99.5 Å². The first-order chi connectivity index (χ1) is 8.26. The summed E-state index contributed by atoms with van der Waals surface area (Å²) < 4.78 is 5.23. The number of phenolic OH excluding ortho intramolecular Hbond substituents is 1. The number of phenols is 1. The Balaban J connectivity index is 2.65. The molecule has 0 fully saturated rings. The predicted octanol–water partition coefficient (Wildman–Crippen LogP) is 2.94. The van der Waals surface area contributed by atoms with E-state index in [0.717, 1.165) is 0 Å². The van der Waals surface area contributed by atoms with Crippen LogP contribution in [0.5, 0.6) is 11.5 Å². The lowest BCUT2D eigenvalue weighted by Crippen LogP contribution is -1.89. The monoisotopic (exact) mass is 225 g/mol. The lowest BCUT2D eigenvalue weighted by molar-refractivity contribution is 0.415. The van der Waals surface area contributed by atoms with E-state index in [4.69, 9.17) is 10.00 Å². The maximum Gasteiger partial charge on any atom is 0.126 e. The number of rotatable bonds is 2. The highest BCUT2D eigenvalue weighted by Gasteiger charge is 2.10. The van der Waals surface area contributed by atoms with E-state index < -0.39 is 0 Å². The Bertz CT molecular complexity index is 585. The van der Waals surface area contributed by atoms with E-state index in [1.807, 2.05) is 6.07 Å². The lowest BCUT2D eigenvalue weighted by Gasteiger charge is -2.10. The van der Waals surface area contributed by atoms with Gasteiger partial charge in [0, 0.05) is 11.1 Å². The first-order valence-corrected chi connectivity index (χ1v) is 5.12. The molecule has 0 unspecified atom stereocenters. The molecule has 17 heavy (non-hydrogen) atoms. The van der Waals surface area contributed by atoms with Gasteiger partial charge in [-0.25, -0.2) is 0 Å². The zero-order chi connectivity index (χ0) is 12.3. The van der Waals surface area contributed by atoms with Gasteiger partial charge in [0.15, 0.2) is 0 Å². The molecule has 3 heteroatoms. The second kappa shape index (κ2) is 4.58. The summed E-state index contributed by atoms with van der Waals surface area (Å²) in [6.07, 6.45) is 0. The zero-order valence-electron chi connectivity index (χ0n) is 9.34. The van der Waals surface area contributed by atoms with Crippen LogP contribution in [0.4, 0.5) is 0 Å². The lowest BCUT2D eigenvalue weighted by atomic mass is 10.0. The average molecular weight is 225 g/mol. The third kappa shape index (κ3) is 2.06. The molecular formula is C14H11NO2. The topological polar surface area (TPSA) is 53.2 Å². The number of ether oxygens (including phenoxy) is 1. The van der Waals surface area contributed by atoms with Crippen LogP contribution >= 0.6 is 0 Å². The normalized spacial score (nSPS) is 9.65. The summed E-state index contributed by atoms with van der Waals surface area (Å²) in [6.45, 7) is 0. The third-order valence-electron chi connectivity index (χ3n) is 2.52. The van der Waals surface area contributed by atoms with Crippen LogP contribution in [0.25, 0.3) is 11.1 Å². The number of methoxy groups -OCH3 is 1. The van der Waals surface area contributed by atoms with Crippen molar-refractivity contribution in [1.82, 2.24) is 0 Å². The summed E-state index contributed by atoms with van der Waals surface area (Å²) >= 11 is 0. The van der Waals surface area contributed by atoms with Crippen LogP contribution in [0.3, 0.4) is 0 Å². The minimum absolute atomic E-state index is 0.167. The van der Waals surface area contributed by atoms with Gasteiger partial charge in [-0.2, -0.15) is 5.26 Å². The van der Waals surface area contributed by atoms with E-state index in [0.29, 0.717) is 22.4 Å². The van der Waals surface area contributed by atoms with Gasteiger partial charge in [-0.1, -0.05) is 18.2 Å². The van der Waals surface area contributed by atoms with Crippen molar-refractivity contribution in [2.75, 3.05) is 7.11 Å². The highest BCUT2D eigenvalue weighted by atomic mass is 16.5. The fourth-order valence-corrected chi connectivity index (χ4v) is 1.69. The van der Waals surface area contributed by atoms with Crippen LogP contribution in [0.2, 0.25) is 0 Å². The van der Waals surface area contributed by atoms with Gasteiger partial charge in [0.2, 0.25) is 0 Å². The minimum atomic E-state index is 0.167. The Morgan fingerprint density at radius 1 is 1.12 bits per heavy atom. The predicted molar refractivity (Wildman–Crippen MR) is 64.8 cm³/mol. The number of nitrogens with zero attached hydrogens (tertiary/aromatic N) is 1. The van der Waals surface area contributed by atoms with Gasteiger partial charge in [0.05, 0.1) is 18.7 Å². The summed E-state index contributed by atoms with van der Waals surface area (Å²) in [4.78, 5) is 0. The van der Waals surface area contributed by atoms with Crippen molar-refractivity contribution in [2.24, 2.45) is 0 Å². The number of nitriles is 1. The zero-order valence-corrected chi connectivity index (χ0v) is 9.34. The van der Waals surface area contributed by atoms with Crippen molar-refractivity contribution < 1.29 is 9.84 Å². The summed E-state index contributed by atoms with van der Waals surface area (Å²) in [7, 11) is 1.56. The van der Waals surface area contributed by atoms with Gasteiger partial charge in [0.25, 0.3) is 0 Å². The molecule has 1 N–H and O–H groups in total. The molecule has 0 radical (unpaired) electrons. The number of hydrogen-bond donors (Lipinski definition) is 1. The molecule has 2 aromatic carbocycles. The second-order valence-corrected chi connectivity index (χ2v) is 3.54. The van der Waals surface area contributed by atoms with Gasteiger partial charge in [-0.15, -0.1) is 0 Å². The van der Waals surface area contributed by atoms with E-state index in [1.165, 1.54) is 0 Å². The maximum absolute atomic E-state index is 9.81. The molecule has 0 atom stereocenters. The molecule has 3 nitrogen and oxygen atoms in total. The molecule has 0 bridgehead atoms. The molecule has 0 spiro atoms. The number of para-hydroxylation sites is 1. The molecule has 0 heterocycles. The smallest absolute Gasteiger partial charge is 0.126 e. The molecule has 2 rings (SSSR count). The SMILES string of the molecule is COc1ccc(C#N)cc1-c1ccccc1O. The van der Waals surface area contributed by atoms with Gasteiger partial charge in [-0.3, -0.25) is 0 Å². The van der Waals surface area contributed by atoms with Crippen molar-refractivity contribution >= 4 is 0 Å². The molecule has 0 aliphatic carbocycles. The van der Waals surface area contributed by atoms with Gasteiger partial charge in [0.1, 0.15) is 11.5 Å². The number of hydrogen-bond acceptors (Lipinski definition) is 3. The highest BCUT2D eigenvalue weighted by Crippen LogP contribution is 2.35. The van der Waals surface area contributed by atoms with Crippen LogP contribution in [0.15, 0.2) is 42.5 Å². The number of benzene rings is 2. The maximum atomic E-state index is 9.81. The van der Waals surface area contributed by atoms with Crippen molar-refractivity contribution in [2.45, 2.75) is 0 Å². The van der Waals surface area contributed by atoms with Gasteiger partial charge >= 0.3 is 0 Å². The summed E-state index contributed by atoms with van der Waals surface area (Å²) in [5.41, 5.74) is 1.90. The molecule has 84 valence electrons. The Morgan fingerprint density at radius 2 is 1.88 bits per heavy atom. The van der Waals surface area contributed by atoms with Crippen LogP contribution in [-0.2, 0) is 0 Å². The molecule has 0 aliphatic rings. The summed E-state index contributed by atoms with van der Waals surface area (Å²) in [5.74, 6) is 0.798. The summed E-state index contributed by atoms with van der Waals surface area (Å²) in [6, 6.07) is 14.1. The van der Waals surface area contributed by atoms with Crippen molar-refractivity contribution in [3.8, 4) is 28.7 Å². The largest absolute Gasteiger partial charge is 0.507 e. The van der Waals surface area contributed by atoms with E-state index in [9.17, 15) is 5.11 Å². The van der Waals surface area contributed by atoms with Crippen LogP contribution in [0, 0.1) is 11.3 Å². The molecular weight excluding hydrogens is 214 g/mol. The minimum Gasteiger partial charge on any atom is -0.507 e. The molecule has 0 aromatic heterocycles. The standard InChI is InChI=1S/C14H11NO2/c1-17-14-7-6-10(9-15)8-12(14)11-4-2-3-5-13(11)16/h2-8,16H,1H3. The van der Waals surface area contributed by atoms with E-state index in [1.54, 1.807) is 43.5 Å². The fraction of sp³-hybridized carbons (Fsp3) is 0.0714. The van der Waals surface area contributed by atoms with Crippen LogP contribution in [-0.4, -0.2) is 12.2 Å². The molecule has 0 saturated heterocycles. The highest BCUT2D eigenvalue weighted by molar-refractivity contribution is 5.76. The summed E-state index contributed by atoms with van der Waals surface area (Å²) in [5, 5.41) is 18.7. The van der Waals surface area contributed by atoms with E-state index in [2.05, 4.69) is 6.07 Å². The second-order valence-electron chi connectivity index (χ2n) is 3.54. The van der Waals surface area contributed by atoms with E-state index >= 15 is 0 Å². The first-order valence-electron chi connectivity index (χ1n) is 5.12. The van der Waals surface area contributed by atoms with Crippen molar-refractivity contribution in [1.29, 1.82) is 5.26 Å². The first kappa shape index (κ1) is 11.0. The Hall–Kier alpha value is -2.47. The van der Waals surface area contributed by atoms with Gasteiger partial charge < -0.3 is 9.84 Å². The van der Waals surface area contributed by atoms with E-state index in [-0.39, 0.29) is 5.75 Å². The molecule has 0 amide bonds. The van der Waals surface area contributed by atoms with Crippen molar-refractivity contribution in [3.63, 3.8) is 0 Å². The molecule has 2 aromatic rings. The quantitative estimate of drug-likeness (QED) is 0.854. The average Bonchev–Trinajstić information content (AvgIpc) is 2.38. The fourth-order valence-electron chi connectivity index (χ4n) is 1.69. The molecule has 0 aliphatic heterocycles. The van der Waals surface area contributed by atoms with Crippen molar-refractivity contribution in [3.05, 3.63) is 48.0 Å². The Kier molecular flexibility index (Phi) is 2.97. The third-order valence-corrected chi connectivity index (χ3v) is 2.52. The Morgan fingerprint density at radius 3 is 2.53 bits per heavy atom. The van der Waals surface area contributed by atoms with Gasteiger partial charge in [-0.05, 0) is 24.3 Å². The van der Waals surface area contributed by atoms with Crippen LogP contribution < -0.4 is 4.74 Å². The van der Waals surface area contributed by atoms with Crippen LogP contribution in [0.1, 0.15) is 5.56 Å². The number of aromatic hydroxyl groups is 1.